The van der Waals surface area contributed by atoms with Gasteiger partial charge in [0.15, 0.2) is 0 Å². The number of para-hydroxylation sites is 2. The normalized spacial score (nSPS) is 15.2. The molecule has 2 aliphatic rings. The average Bonchev–Trinajstić information content (AvgIpc) is 3.37. The summed E-state index contributed by atoms with van der Waals surface area (Å²) < 4.78 is 80.0. The van der Waals surface area contributed by atoms with Crippen molar-refractivity contribution in [2.75, 3.05) is 0 Å². The van der Waals surface area contributed by atoms with E-state index >= 15 is 0 Å². The zero-order valence-electron chi connectivity index (χ0n) is 38.2. The van der Waals surface area contributed by atoms with Gasteiger partial charge in [-0.05, 0) is 185 Å². The van der Waals surface area contributed by atoms with Crippen molar-refractivity contribution in [3.63, 3.8) is 0 Å². The van der Waals surface area contributed by atoms with E-state index in [9.17, 15) is 27.0 Å². The maximum Gasteiger partial charge on any atom is 0.210 e. The molecule has 10 nitrogen and oxygen atoms in total. The molecule has 0 saturated heterocycles. The fraction of sp³-hybridized carbons (Fsp3) is 0.207. The maximum absolute atomic E-state index is 13.9. The Hall–Kier alpha value is -7.32. The van der Waals surface area contributed by atoms with Gasteiger partial charge in [0.05, 0.1) is 9.79 Å². The highest BCUT2D eigenvalue weighted by Crippen LogP contribution is 2.37. The maximum atomic E-state index is 13.9. The van der Waals surface area contributed by atoms with Crippen molar-refractivity contribution >= 4 is 19.7 Å². The molecule has 0 radical (unpaired) electrons. The molecule has 7 aromatic rings. The van der Waals surface area contributed by atoms with Gasteiger partial charge < -0.3 is 29.2 Å². The topological polar surface area (TPSA) is 146 Å². The van der Waals surface area contributed by atoms with Crippen LogP contribution in [0.1, 0.15) is 75.3 Å². The van der Waals surface area contributed by atoms with E-state index in [-0.39, 0.29) is 31.1 Å². The Labute approximate surface area is 409 Å². The van der Waals surface area contributed by atoms with Crippen molar-refractivity contribution < 1.29 is 46.0 Å². The highest BCUT2D eigenvalue weighted by molar-refractivity contribution is 7.92. The number of rotatable bonds is 12. The quantitative estimate of drug-likeness (QED) is 0.113. The second-order valence-electron chi connectivity index (χ2n) is 17.5. The SMILES string of the molecule is O=S(=O)(c1ccc(Oc2cccc(Oc3ccc(S(=O)(=O)c4ccccc4Oc4ccc(C#CC5(O)CCCCC5)cc4)cc3)c2)cc1)c1ccccc1Oc1ccc(C#CC2(O)CCCCC2)cc1. The molecule has 2 aliphatic carbocycles. The molecule has 0 amide bonds. The third kappa shape index (κ3) is 11.6. The first-order valence-electron chi connectivity index (χ1n) is 23.2. The van der Waals surface area contributed by atoms with Crippen LogP contribution < -0.4 is 18.9 Å². The van der Waals surface area contributed by atoms with Crippen LogP contribution in [0, 0.1) is 23.7 Å². The van der Waals surface area contributed by atoms with Crippen molar-refractivity contribution in [1.29, 1.82) is 0 Å². The van der Waals surface area contributed by atoms with Gasteiger partial charge in [0, 0.05) is 17.2 Å². The van der Waals surface area contributed by atoms with E-state index in [0.717, 1.165) is 49.7 Å². The molecule has 0 aliphatic heterocycles. The van der Waals surface area contributed by atoms with Gasteiger partial charge in [-0.2, -0.15) is 0 Å². The average molecular weight is 971 g/mol. The van der Waals surface area contributed by atoms with Crippen LogP contribution in [0.4, 0.5) is 0 Å². The van der Waals surface area contributed by atoms with Gasteiger partial charge in [-0.1, -0.05) is 66.9 Å². The summed E-state index contributed by atoms with van der Waals surface area (Å²) in [6.07, 6.45) is 8.74. The van der Waals surface area contributed by atoms with Crippen LogP contribution in [0.3, 0.4) is 0 Å². The first-order valence-corrected chi connectivity index (χ1v) is 26.2. The number of sulfone groups is 2. The van der Waals surface area contributed by atoms with Crippen molar-refractivity contribution in [1.82, 2.24) is 0 Å². The highest BCUT2D eigenvalue weighted by atomic mass is 32.2. The van der Waals surface area contributed by atoms with Gasteiger partial charge in [-0.25, -0.2) is 16.8 Å². The van der Waals surface area contributed by atoms with Gasteiger partial charge in [0.2, 0.25) is 19.7 Å². The number of hydrogen-bond donors (Lipinski definition) is 2. The zero-order valence-corrected chi connectivity index (χ0v) is 39.8. The molecule has 0 atom stereocenters. The molecule has 7 aromatic carbocycles. The first-order chi connectivity index (χ1) is 33.8. The highest BCUT2D eigenvalue weighted by Gasteiger charge is 2.28. The minimum atomic E-state index is -4.01. The number of ether oxygens (including phenoxy) is 4. The summed E-state index contributed by atoms with van der Waals surface area (Å²) in [4.78, 5) is 0.0858. The van der Waals surface area contributed by atoms with Gasteiger partial charge in [-0.15, -0.1) is 0 Å². The number of benzene rings is 7. The largest absolute Gasteiger partial charge is 0.457 e. The van der Waals surface area contributed by atoms with Crippen LogP contribution in [0.2, 0.25) is 0 Å². The summed E-state index contributed by atoms with van der Waals surface area (Å²) in [6, 6.07) is 45.8. The minimum Gasteiger partial charge on any atom is -0.457 e. The Morgan fingerprint density at radius 2 is 0.714 bits per heavy atom. The molecule has 2 saturated carbocycles. The first kappa shape index (κ1) is 47.7. The lowest BCUT2D eigenvalue weighted by atomic mass is 9.85. The lowest BCUT2D eigenvalue weighted by Gasteiger charge is -2.26. The zero-order chi connectivity index (χ0) is 48.6. The molecule has 70 heavy (non-hydrogen) atoms. The fourth-order valence-electron chi connectivity index (χ4n) is 8.38. The van der Waals surface area contributed by atoms with Gasteiger partial charge in [0.25, 0.3) is 0 Å². The monoisotopic (exact) mass is 970 g/mol. The van der Waals surface area contributed by atoms with Gasteiger partial charge in [0.1, 0.15) is 67.0 Å². The molecule has 2 fully saturated rings. The van der Waals surface area contributed by atoms with Crippen LogP contribution in [-0.2, 0) is 19.7 Å². The number of aliphatic hydroxyl groups is 2. The molecule has 9 rings (SSSR count). The van der Waals surface area contributed by atoms with Gasteiger partial charge in [-0.3, -0.25) is 0 Å². The molecule has 0 bridgehead atoms. The molecule has 0 heterocycles. The predicted octanol–water partition coefficient (Wildman–Crippen LogP) is 12.6. The summed E-state index contributed by atoms with van der Waals surface area (Å²) in [5, 5.41) is 21.5. The van der Waals surface area contributed by atoms with E-state index in [0.29, 0.717) is 60.2 Å². The minimum absolute atomic E-state index is 0.00229. The Bertz CT molecular complexity index is 3090. The van der Waals surface area contributed by atoms with Crippen LogP contribution in [0.25, 0.3) is 0 Å². The summed E-state index contributed by atoms with van der Waals surface area (Å²) in [6.45, 7) is 0. The molecule has 12 heteroatoms. The summed E-state index contributed by atoms with van der Waals surface area (Å²) >= 11 is 0. The third-order valence-corrected chi connectivity index (χ3v) is 15.8. The van der Waals surface area contributed by atoms with Crippen molar-refractivity contribution in [2.24, 2.45) is 0 Å². The molecule has 354 valence electrons. The molecule has 0 unspecified atom stereocenters. The summed E-state index contributed by atoms with van der Waals surface area (Å²) in [7, 11) is -8.02. The van der Waals surface area contributed by atoms with E-state index in [1.165, 1.54) is 36.4 Å². The van der Waals surface area contributed by atoms with Crippen LogP contribution in [-0.4, -0.2) is 38.3 Å². The van der Waals surface area contributed by atoms with E-state index in [1.807, 2.05) is 0 Å². The van der Waals surface area contributed by atoms with E-state index in [2.05, 4.69) is 23.7 Å². The standard InChI is InChI=1S/C58H50O10S2/c59-57(36-7-1-8-37-57)40-34-43-18-22-47(23-19-43)67-53-14-3-5-16-55(53)69(61,62)51-30-26-45(27-31-51)65-49-12-11-13-50(42-49)66-46-28-32-52(33-29-46)70(63,64)56-17-6-4-15-54(56)68-48-24-20-44(21-25-48)35-41-58(60)38-9-2-10-39-58/h3-6,11-33,42,59-60H,1-2,7-10,36-39H2. The predicted molar refractivity (Wildman–Crippen MR) is 266 cm³/mol. The van der Waals surface area contributed by atoms with Crippen molar-refractivity contribution in [3.05, 3.63) is 181 Å². The van der Waals surface area contributed by atoms with E-state index < -0.39 is 30.9 Å². The fourth-order valence-corrected chi connectivity index (χ4v) is 11.1. The third-order valence-electron chi connectivity index (χ3n) is 12.2. The van der Waals surface area contributed by atoms with E-state index in [1.54, 1.807) is 133 Å². The Balaban J connectivity index is 0.818. The van der Waals surface area contributed by atoms with E-state index in [4.69, 9.17) is 18.9 Å². The Morgan fingerprint density at radius 3 is 1.10 bits per heavy atom. The molecule has 0 spiro atoms. The van der Waals surface area contributed by atoms with Crippen molar-refractivity contribution in [2.45, 2.75) is 95.0 Å². The Kier molecular flexibility index (Phi) is 14.1. The summed E-state index contributed by atoms with van der Waals surface area (Å²) in [5.74, 6) is 15.0. The molecule has 2 N–H and O–H groups in total. The number of hydrogen-bond acceptors (Lipinski definition) is 10. The lowest BCUT2D eigenvalue weighted by molar-refractivity contribution is 0.0606. The van der Waals surface area contributed by atoms with Crippen LogP contribution in [0.5, 0.6) is 46.0 Å². The van der Waals surface area contributed by atoms with Crippen molar-refractivity contribution in [3.8, 4) is 69.7 Å². The second-order valence-corrected chi connectivity index (χ2v) is 21.3. The van der Waals surface area contributed by atoms with Gasteiger partial charge >= 0.3 is 0 Å². The molecule has 0 aromatic heterocycles. The summed E-state index contributed by atoms with van der Waals surface area (Å²) in [5.41, 5.74) is -0.474. The lowest BCUT2D eigenvalue weighted by Crippen LogP contribution is -2.29. The second kappa shape index (κ2) is 20.7. The smallest absolute Gasteiger partial charge is 0.210 e. The molecular weight excluding hydrogens is 921 g/mol. The Morgan fingerprint density at radius 1 is 0.371 bits per heavy atom. The van der Waals surface area contributed by atoms with Crippen LogP contribution in [0.15, 0.2) is 189 Å². The van der Waals surface area contributed by atoms with Crippen LogP contribution >= 0.6 is 0 Å². The molecular formula is C58H50O10S2.